The van der Waals surface area contributed by atoms with Crippen molar-refractivity contribution in [3.8, 4) is 0 Å². The van der Waals surface area contributed by atoms with Crippen molar-refractivity contribution in [2.45, 2.75) is 48.0 Å². The van der Waals surface area contributed by atoms with E-state index < -0.39 is 0 Å². The largest absolute Gasteiger partial charge is 0.295 e. The highest BCUT2D eigenvalue weighted by molar-refractivity contribution is 5.87. The Morgan fingerprint density at radius 1 is 1.06 bits per heavy atom. The van der Waals surface area contributed by atoms with Gasteiger partial charge < -0.3 is 0 Å². The number of rotatable bonds is 6. The molecular weight excluding hydrogens is 220 g/mol. The molecule has 18 heavy (non-hydrogen) atoms. The third-order valence-corrected chi connectivity index (χ3v) is 2.51. The predicted molar refractivity (Wildman–Crippen MR) is 80.5 cm³/mol. The van der Waals surface area contributed by atoms with E-state index in [9.17, 15) is 4.79 Å². The second-order valence-electron chi connectivity index (χ2n) is 5.69. The number of hydrogen-bond donors (Lipinski definition) is 0. The zero-order valence-corrected chi connectivity index (χ0v) is 12.6. The molecule has 0 bridgehead atoms. The maximum absolute atomic E-state index is 10.9. The normalized spacial score (nSPS) is 13.3. The molecule has 0 saturated carbocycles. The van der Waals surface area contributed by atoms with Crippen LogP contribution in [-0.4, -0.2) is 5.78 Å². The van der Waals surface area contributed by atoms with E-state index in [1.54, 1.807) is 13.0 Å². The Bertz CT molecular complexity index is 386. The molecule has 0 N–H and O–H groups in total. The van der Waals surface area contributed by atoms with E-state index in [1.165, 1.54) is 11.1 Å². The summed E-state index contributed by atoms with van der Waals surface area (Å²) in [5.74, 6) is 0.104. The zero-order valence-electron chi connectivity index (χ0n) is 12.6. The van der Waals surface area contributed by atoms with Gasteiger partial charge >= 0.3 is 0 Å². The molecule has 0 aliphatic rings. The summed E-state index contributed by atoms with van der Waals surface area (Å²) in [7, 11) is 0. The van der Waals surface area contributed by atoms with Gasteiger partial charge in [-0.1, -0.05) is 55.4 Å². The van der Waals surface area contributed by atoms with Crippen molar-refractivity contribution in [2.75, 3.05) is 0 Å². The fraction of sp³-hybridized carbons (Fsp3) is 0.471. The van der Waals surface area contributed by atoms with E-state index in [1.807, 2.05) is 6.08 Å². The van der Waals surface area contributed by atoms with Gasteiger partial charge in [0.25, 0.3) is 0 Å². The predicted octanol–water partition coefficient (Wildman–Crippen LogP) is 5.02. The van der Waals surface area contributed by atoms with Crippen LogP contribution in [0.5, 0.6) is 0 Å². The molecule has 0 rings (SSSR count). The Balaban J connectivity index is 4.48. The summed E-state index contributed by atoms with van der Waals surface area (Å²) in [6, 6.07) is 0. The van der Waals surface area contributed by atoms with Gasteiger partial charge in [0.05, 0.1) is 0 Å². The molecule has 0 aliphatic heterocycles. The molecule has 1 heteroatoms. The summed E-state index contributed by atoms with van der Waals surface area (Å²) in [5.41, 5.74) is 2.57. The van der Waals surface area contributed by atoms with Gasteiger partial charge in [-0.3, -0.25) is 4.79 Å². The summed E-state index contributed by atoms with van der Waals surface area (Å²) in [4.78, 5) is 10.9. The summed E-state index contributed by atoms with van der Waals surface area (Å²) in [6.07, 6.45) is 13.1. The lowest BCUT2D eigenvalue weighted by Gasteiger charge is -2.17. The van der Waals surface area contributed by atoms with E-state index in [0.717, 1.165) is 6.42 Å². The Morgan fingerprint density at radius 2 is 1.67 bits per heavy atom. The van der Waals surface area contributed by atoms with Crippen molar-refractivity contribution < 1.29 is 4.79 Å². The highest BCUT2D eigenvalue weighted by atomic mass is 16.1. The summed E-state index contributed by atoms with van der Waals surface area (Å²) in [6.45, 7) is 12.1. The molecule has 0 amide bonds. The molecule has 0 atom stereocenters. The van der Waals surface area contributed by atoms with Crippen LogP contribution in [0, 0.1) is 5.41 Å². The van der Waals surface area contributed by atoms with Gasteiger partial charge in [0.15, 0.2) is 5.78 Å². The molecule has 100 valence electrons. The highest BCUT2D eigenvalue weighted by Crippen LogP contribution is 2.23. The van der Waals surface area contributed by atoms with Gasteiger partial charge in [0.1, 0.15) is 0 Å². The Hall–Kier alpha value is -1.37. The fourth-order valence-electron chi connectivity index (χ4n) is 1.30. The third-order valence-electron chi connectivity index (χ3n) is 2.51. The van der Waals surface area contributed by atoms with Gasteiger partial charge in [-0.15, -0.1) is 0 Å². The second-order valence-corrected chi connectivity index (χ2v) is 5.69. The van der Waals surface area contributed by atoms with Crippen LogP contribution in [0.3, 0.4) is 0 Å². The Labute approximate surface area is 112 Å². The van der Waals surface area contributed by atoms with E-state index in [2.05, 4.69) is 58.9 Å². The molecule has 0 spiro atoms. The monoisotopic (exact) mass is 246 g/mol. The van der Waals surface area contributed by atoms with Crippen LogP contribution in [0.2, 0.25) is 0 Å². The number of ketones is 1. The van der Waals surface area contributed by atoms with Gasteiger partial charge in [0.2, 0.25) is 0 Å². The number of carbonyl (C=O) groups excluding carboxylic acids is 1. The van der Waals surface area contributed by atoms with Crippen molar-refractivity contribution in [3.63, 3.8) is 0 Å². The maximum Gasteiger partial charge on any atom is 0.152 e. The molecule has 0 aliphatic carbocycles. The van der Waals surface area contributed by atoms with Gasteiger partial charge in [-0.25, -0.2) is 0 Å². The van der Waals surface area contributed by atoms with Crippen LogP contribution in [0.25, 0.3) is 0 Å². The molecular formula is C17H26O. The van der Waals surface area contributed by atoms with Crippen LogP contribution in [-0.2, 0) is 4.79 Å². The van der Waals surface area contributed by atoms with E-state index >= 15 is 0 Å². The van der Waals surface area contributed by atoms with Gasteiger partial charge in [-0.2, -0.15) is 0 Å². The summed E-state index contributed by atoms with van der Waals surface area (Å²) in [5, 5.41) is 0. The van der Waals surface area contributed by atoms with Crippen LogP contribution in [0.4, 0.5) is 0 Å². The van der Waals surface area contributed by atoms with Crippen molar-refractivity contribution >= 4 is 5.78 Å². The molecule has 0 unspecified atom stereocenters. The first-order valence-electron chi connectivity index (χ1n) is 6.41. The molecule has 0 radical (unpaired) electrons. The summed E-state index contributed by atoms with van der Waals surface area (Å²) < 4.78 is 0. The number of carbonyl (C=O) groups is 1. The van der Waals surface area contributed by atoms with Crippen molar-refractivity contribution in [2.24, 2.45) is 5.41 Å². The second kappa shape index (κ2) is 7.86. The van der Waals surface area contributed by atoms with Gasteiger partial charge in [0, 0.05) is 0 Å². The molecule has 0 aromatic carbocycles. The quantitative estimate of drug-likeness (QED) is 0.475. The lowest BCUT2D eigenvalue weighted by molar-refractivity contribution is -0.112. The van der Waals surface area contributed by atoms with Crippen molar-refractivity contribution in [3.05, 3.63) is 47.6 Å². The molecule has 0 fully saturated rings. The molecule has 0 aromatic rings. The molecule has 0 saturated heterocycles. The summed E-state index contributed by atoms with van der Waals surface area (Å²) >= 11 is 0. The van der Waals surface area contributed by atoms with E-state index in [-0.39, 0.29) is 11.2 Å². The van der Waals surface area contributed by atoms with E-state index in [0.29, 0.717) is 0 Å². The molecule has 1 nitrogen and oxygen atoms in total. The first-order chi connectivity index (χ1) is 8.23. The minimum atomic E-state index is 0.0251. The number of allylic oxidation sites excluding steroid dienone is 8. The maximum atomic E-state index is 10.9. The average Bonchev–Trinajstić information content (AvgIpc) is 2.24. The average molecular weight is 246 g/mol. The minimum Gasteiger partial charge on any atom is -0.295 e. The first kappa shape index (κ1) is 16.6. The first-order valence-corrected chi connectivity index (χ1v) is 6.41. The van der Waals surface area contributed by atoms with Crippen LogP contribution >= 0.6 is 0 Å². The van der Waals surface area contributed by atoms with Crippen LogP contribution in [0.15, 0.2) is 47.6 Å². The fourth-order valence-corrected chi connectivity index (χ4v) is 1.30. The third kappa shape index (κ3) is 9.83. The molecule has 0 heterocycles. The zero-order chi connectivity index (χ0) is 14.2. The molecule has 0 aromatic heterocycles. The Kier molecular flexibility index (Phi) is 7.26. The lowest BCUT2D eigenvalue weighted by Crippen LogP contribution is -2.06. The smallest absolute Gasteiger partial charge is 0.152 e. The standard InChI is InChI=1S/C17H26O/c1-14(2)8-7-9-15(3)10-12-17(5,6)13-11-16(4)18/h7-11,13H,12H2,1-6H3/b9-7+,13-11+,15-10+. The van der Waals surface area contributed by atoms with Gasteiger partial charge in [-0.05, 0) is 45.6 Å². The highest BCUT2D eigenvalue weighted by Gasteiger charge is 2.11. The van der Waals surface area contributed by atoms with Crippen molar-refractivity contribution in [1.82, 2.24) is 0 Å². The Morgan fingerprint density at radius 3 is 2.17 bits per heavy atom. The SMILES string of the molecule is CC(=O)/C=C/C(C)(C)C/C=C(C)/C=C/C=C(C)C. The van der Waals surface area contributed by atoms with Crippen LogP contribution < -0.4 is 0 Å². The van der Waals surface area contributed by atoms with Crippen LogP contribution in [0.1, 0.15) is 48.0 Å². The lowest BCUT2D eigenvalue weighted by atomic mass is 9.88. The minimum absolute atomic E-state index is 0.0251. The topological polar surface area (TPSA) is 17.1 Å². The van der Waals surface area contributed by atoms with Crippen molar-refractivity contribution in [1.29, 1.82) is 0 Å². The number of hydrogen-bond acceptors (Lipinski definition) is 1. The van der Waals surface area contributed by atoms with E-state index in [4.69, 9.17) is 0 Å².